The quantitative estimate of drug-likeness (QED) is 0.567. The first-order valence-corrected chi connectivity index (χ1v) is 9.84. The number of amides is 2. The van der Waals surface area contributed by atoms with Crippen molar-refractivity contribution in [3.05, 3.63) is 71.0 Å². The van der Waals surface area contributed by atoms with Crippen molar-refractivity contribution in [1.82, 2.24) is 10.3 Å². The number of carbonyl (C=O) groups is 2. The first-order chi connectivity index (χ1) is 13.9. The first-order valence-electron chi connectivity index (χ1n) is 8.96. The van der Waals surface area contributed by atoms with Gasteiger partial charge in [0.2, 0.25) is 0 Å². The molecule has 6 nitrogen and oxygen atoms in total. The van der Waals surface area contributed by atoms with Gasteiger partial charge < -0.3 is 15.4 Å². The minimum Gasteiger partial charge on any atom is -0.455 e. The van der Waals surface area contributed by atoms with E-state index >= 15 is 0 Å². The van der Waals surface area contributed by atoms with Gasteiger partial charge in [-0.2, -0.15) is 0 Å². The van der Waals surface area contributed by atoms with Gasteiger partial charge in [-0.15, -0.1) is 11.3 Å². The monoisotopic (exact) mass is 413 g/mol. The van der Waals surface area contributed by atoms with Crippen LogP contribution >= 0.6 is 11.3 Å². The number of esters is 1. The number of aromatic nitrogens is 1. The second-order valence-corrected chi connectivity index (χ2v) is 7.38. The lowest BCUT2D eigenvalue weighted by Crippen LogP contribution is -2.34. The summed E-state index contributed by atoms with van der Waals surface area (Å²) in [6, 6.07) is 12.2. The predicted octanol–water partition coefficient (Wildman–Crippen LogP) is 4.84. The van der Waals surface area contributed by atoms with Crippen LogP contribution in [0.1, 0.15) is 29.9 Å². The minimum absolute atomic E-state index is 0.0109. The molecule has 0 atom stereocenters. The molecule has 0 aliphatic rings. The van der Waals surface area contributed by atoms with E-state index in [2.05, 4.69) is 15.6 Å². The molecule has 8 heteroatoms. The molecule has 29 heavy (non-hydrogen) atoms. The fourth-order valence-corrected chi connectivity index (χ4v) is 3.32. The maximum Gasteiger partial charge on any atom is 0.340 e. The number of thiazole rings is 1. The van der Waals surface area contributed by atoms with Crippen molar-refractivity contribution in [3.8, 4) is 10.6 Å². The molecular weight excluding hydrogens is 393 g/mol. The number of carbonyl (C=O) groups excluding carboxylic acids is 2. The Bertz CT molecular complexity index is 1000. The Morgan fingerprint density at radius 1 is 1.14 bits per heavy atom. The van der Waals surface area contributed by atoms with Gasteiger partial charge in [0, 0.05) is 17.0 Å². The molecule has 0 spiro atoms. The van der Waals surface area contributed by atoms with E-state index in [-0.39, 0.29) is 24.0 Å². The van der Waals surface area contributed by atoms with Crippen molar-refractivity contribution in [3.63, 3.8) is 0 Å². The Hall–Kier alpha value is -3.26. The van der Waals surface area contributed by atoms with Crippen LogP contribution in [-0.4, -0.2) is 23.0 Å². The van der Waals surface area contributed by atoms with Gasteiger partial charge in [0.1, 0.15) is 17.4 Å². The van der Waals surface area contributed by atoms with Crippen molar-refractivity contribution in [2.45, 2.75) is 26.5 Å². The number of nitrogens with one attached hydrogen (secondary N) is 2. The molecule has 0 radical (unpaired) electrons. The Morgan fingerprint density at radius 2 is 1.86 bits per heavy atom. The zero-order valence-corrected chi connectivity index (χ0v) is 16.8. The Labute approximate surface area is 171 Å². The number of benzene rings is 2. The van der Waals surface area contributed by atoms with E-state index in [0.717, 1.165) is 5.56 Å². The van der Waals surface area contributed by atoms with Crippen molar-refractivity contribution >= 4 is 29.0 Å². The molecule has 1 aromatic heterocycles. The Kier molecular flexibility index (Phi) is 6.56. The number of halogens is 1. The summed E-state index contributed by atoms with van der Waals surface area (Å²) in [7, 11) is 0. The molecule has 3 rings (SSSR count). The Morgan fingerprint density at radius 3 is 2.59 bits per heavy atom. The lowest BCUT2D eigenvalue weighted by atomic mass is 10.2. The largest absolute Gasteiger partial charge is 0.455 e. The van der Waals surface area contributed by atoms with Crippen molar-refractivity contribution in [2.75, 3.05) is 5.32 Å². The zero-order valence-electron chi connectivity index (χ0n) is 15.9. The van der Waals surface area contributed by atoms with Gasteiger partial charge in [-0.25, -0.2) is 19.0 Å². The standard InChI is InChI=1S/C21H20FN3O3S/c1-13(2)23-21(27)25-18-6-4-3-5-17(18)20(26)28-11-16-12-29-19(24-16)14-7-9-15(22)10-8-14/h3-10,12-13H,11H2,1-2H3,(H2,23,25,27). The molecule has 0 fully saturated rings. The number of hydrogen-bond donors (Lipinski definition) is 2. The van der Waals surface area contributed by atoms with Crippen LogP contribution in [0.25, 0.3) is 10.6 Å². The number of rotatable bonds is 6. The van der Waals surface area contributed by atoms with E-state index in [1.807, 2.05) is 13.8 Å². The predicted molar refractivity (Wildman–Crippen MR) is 110 cm³/mol. The van der Waals surface area contributed by atoms with Crippen LogP contribution in [0.5, 0.6) is 0 Å². The third kappa shape index (κ3) is 5.61. The van der Waals surface area contributed by atoms with Crippen LogP contribution < -0.4 is 10.6 Å². The molecule has 0 unspecified atom stereocenters. The second-order valence-electron chi connectivity index (χ2n) is 6.53. The molecule has 3 aromatic rings. The summed E-state index contributed by atoms with van der Waals surface area (Å²) in [5.74, 6) is -0.879. The third-order valence-electron chi connectivity index (χ3n) is 3.81. The van der Waals surface area contributed by atoms with Crippen LogP contribution in [0.4, 0.5) is 14.9 Å². The summed E-state index contributed by atoms with van der Waals surface area (Å²) in [4.78, 5) is 28.8. The summed E-state index contributed by atoms with van der Waals surface area (Å²) in [6.45, 7) is 3.67. The number of anilines is 1. The summed E-state index contributed by atoms with van der Waals surface area (Å²) >= 11 is 1.38. The van der Waals surface area contributed by atoms with Crippen molar-refractivity contribution in [1.29, 1.82) is 0 Å². The fraction of sp³-hybridized carbons (Fsp3) is 0.190. The maximum atomic E-state index is 13.0. The second kappa shape index (κ2) is 9.29. The van der Waals surface area contributed by atoms with E-state index in [1.165, 1.54) is 23.5 Å². The Balaban J connectivity index is 1.64. The van der Waals surface area contributed by atoms with Gasteiger partial charge in [-0.3, -0.25) is 0 Å². The average Bonchev–Trinajstić information content (AvgIpc) is 3.15. The number of urea groups is 1. The molecule has 0 bridgehead atoms. The molecule has 0 aliphatic carbocycles. The van der Waals surface area contributed by atoms with Gasteiger partial charge in [-0.1, -0.05) is 12.1 Å². The maximum absolute atomic E-state index is 13.0. The summed E-state index contributed by atoms with van der Waals surface area (Å²) in [5, 5.41) is 7.85. The van der Waals surface area contributed by atoms with E-state index in [9.17, 15) is 14.0 Å². The fourth-order valence-electron chi connectivity index (χ4n) is 2.51. The van der Waals surface area contributed by atoms with Gasteiger partial charge in [0.25, 0.3) is 0 Å². The van der Waals surface area contributed by atoms with E-state index in [0.29, 0.717) is 16.4 Å². The van der Waals surface area contributed by atoms with Gasteiger partial charge >= 0.3 is 12.0 Å². The van der Waals surface area contributed by atoms with Gasteiger partial charge in [0.15, 0.2) is 0 Å². The molecule has 0 saturated heterocycles. The molecule has 2 aromatic carbocycles. The smallest absolute Gasteiger partial charge is 0.340 e. The summed E-state index contributed by atoms with van der Waals surface area (Å²) in [5.41, 5.74) is 1.99. The third-order valence-corrected chi connectivity index (χ3v) is 4.75. The highest BCUT2D eigenvalue weighted by Crippen LogP contribution is 2.24. The average molecular weight is 413 g/mol. The number of ether oxygens (including phenoxy) is 1. The summed E-state index contributed by atoms with van der Waals surface area (Å²) in [6.07, 6.45) is 0. The van der Waals surface area contributed by atoms with Crippen LogP contribution in [-0.2, 0) is 11.3 Å². The molecule has 2 N–H and O–H groups in total. The van der Waals surface area contributed by atoms with Gasteiger partial charge in [0.05, 0.1) is 16.9 Å². The van der Waals surface area contributed by atoms with Crippen LogP contribution in [0.3, 0.4) is 0 Å². The number of hydrogen-bond acceptors (Lipinski definition) is 5. The van der Waals surface area contributed by atoms with Crippen LogP contribution in [0.15, 0.2) is 53.9 Å². The summed E-state index contributed by atoms with van der Waals surface area (Å²) < 4.78 is 18.4. The first kappa shape index (κ1) is 20.5. The number of para-hydroxylation sites is 1. The van der Waals surface area contributed by atoms with Crippen molar-refractivity contribution in [2.24, 2.45) is 0 Å². The topological polar surface area (TPSA) is 80.3 Å². The molecular formula is C21H20FN3O3S. The molecule has 0 saturated carbocycles. The van der Waals surface area contributed by atoms with E-state index < -0.39 is 12.0 Å². The van der Waals surface area contributed by atoms with Crippen molar-refractivity contribution < 1.29 is 18.7 Å². The van der Waals surface area contributed by atoms with Crippen LogP contribution in [0, 0.1) is 5.82 Å². The SMILES string of the molecule is CC(C)NC(=O)Nc1ccccc1C(=O)OCc1csc(-c2ccc(F)cc2)n1. The highest BCUT2D eigenvalue weighted by Gasteiger charge is 2.15. The molecule has 1 heterocycles. The highest BCUT2D eigenvalue weighted by atomic mass is 32.1. The number of nitrogens with zero attached hydrogens (tertiary/aromatic N) is 1. The molecule has 2 amide bonds. The highest BCUT2D eigenvalue weighted by molar-refractivity contribution is 7.13. The molecule has 150 valence electrons. The van der Waals surface area contributed by atoms with E-state index in [1.54, 1.807) is 41.8 Å². The van der Waals surface area contributed by atoms with Crippen LogP contribution in [0.2, 0.25) is 0 Å². The zero-order chi connectivity index (χ0) is 20.8. The molecule has 0 aliphatic heterocycles. The lowest BCUT2D eigenvalue weighted by Gasteiger charge is -2.13. The normalized spacial score (nSPS) is 10.6. The van der Waals surface area contributed by atoms with E-state index in [4.69, 9.17) is 4.74 Å². The van der Waals surface area contributed by atoms with Gasteiger partial charge in [-0.05, 0) is 50.2 Å². The minimum atomic E-state index is -0.568. The lowest BCUT2D eigenvalue weighted by molar-refractivity contribution is 0.0469.